The molecule has 0 unspecified atom stereocenters. The molecule has 140 valence electrons. The van der Waals surface area contributed by atoms with Crippen LogP contribution in [0.25, 0.3) is 0 Å². The minimum Gasteiger partial charge on any atom is -0.466 e. The first kappa shape index (κ1) is 19.9. The summed E-state index contributed by atoms with van der Waals surface area (Å²) in [7, 11) is -3.42. The van der Waals surface area contributed by atoms with Gasteiger partial charge in [-0.05, 0) is 57.1 Å². The molecule has 0 bridgehead atoms. The topological polar surface area (TPSA) is 72.5 Å². The van der Waals surface area contributed by atoms with Gasteiger partial charge < -0.3 is 4.74 Å². The number of sulfonamides is 1. The SMILES string of the molecule is CCOC(=O)CC1CCC(CCNS(=O)(=O)c2ccc(C)cc2)CC1. The summed E-state index contributed by atoms with van der Waals surface area (Å²) in [6.45, 7) is 4.66. The fourth-order valence-corrected chi connectivity index (χ4v) is 4.43. The fourth-order valence-electron chi connectivity index (χ4n) is 3.38. The number of nitrogens with one attached hydrogen (secondary N) is 1. The number of hydrogen-bond donors (Lipinski definition) is 1. The van der Waals surface area contributed by atoms with Crippen LogP contribution in [-0.4, -0.2) is 27.5 Å². The van der Waals surface area contributed by atoms with E-state index in [0.717, 1.165) is 37.7 Å². The van der Waals surface area contributed by atoms with Crippen LogP contribution in [0.15, 0.2) is 29.2 Å². The Balaban J connectivity index is 1.71. The lowest BCUT2D eigenvalue weighted by Gasteiger charge is -2.28. The van der Waals surface area contributed by atoms with Crippen molar-refractivity contribution >= 4 is 16.0 Å². The summed E-state index contributed by atoms with van der Waals surface area (Å²) in [5.41, 5.74) is 1.04. The van der Waals surface area contributed by atoms with Gasteiger partial charge in [0.05, 0.1) is 11.5 Å². The van der Waals surface area contributed by atoms with Gasteiger partial charge in [0.1, 0.15) is 0 Å². The van der Waals surface area contributed by atoms with Crippen molar-refractivity contribution < 1.29 is 17.9 Å². The lowest BCUT2D eigenvalue weighted by atomic mass is 9.79. The Labute approximate surface area is 151 Å². The molecule has 0 amide bonds. The Morgan fingerprint density at radius 1 is 1.12 bits per heavy atom. The first-order valence-electron chi connectivity index (χ1n) is 9.12. The predicted octanol–water partition coefficient (Wildman–Crippen LogP) is 3.42. The molecular weight excluding hydrogens is 338 g/mol. The summed E-state index contributed by atoms with van der Waals surface area (Å²) in [5.74, 6) is 0.843. The first-order valence-corrected chi connectivity index (χ1v) is 10.6. The van der Waals surface area contributed by atoms with Gasteiger partial charge in [-0.2, -0.15) is 0 Å². The predicted molar refractivity (Wildman–Crippen MR) is 97.7 cm³/mol. The van der Waals surface area contributed by atoms with E-state index in [1.54, 1.807) is 24.3 Å². The van der Waals surface area contributed by atoms with Crippen molar-refractivity contribution in [2.75, 3.05) is 13.2 Å². The molecule has 0 spiro atoms. The van der Waals surface area contributed by atoms with E-state index < -0.39 is 10.0 Å². The van der Waals surface area contributed by atoms with Gasteiger partial charge in [0.2, 0.25) is 10.0 Å². The van der Waals surface area contributed by atoms with Crippen molar-refractivity contribution in [1.82, 2.24) is 4.72 Å². The molecule has 5 nitrogen and oxygen atoms in total. The number of ether oxygens (including phenoxy) is 1. The average Bonchev–Trinajstić information content (AvgIpc) is 2.57. The highest BCUT2D eigenvalue weighted by Gasteiger charge is 2.24. The van der Waals surface area contributed by atoms with Gasteiger partial charge in [0.25, 0.3) is 0 Å². The van der Waals surface area contributed by atoms with E-state index in [-0.39, 0.29) is 5.97 Å². The molecule has 6 heteroatoms. The number of esters is 1. The molecule has 0 aromatic heterocycles. The molecule has 1 aliphatic rings. The molecule has 1 fully saturated rings. The molecule has 25 heavy (non-hydrogen) atoms. The number of carbonyl (C=O) groups excluding carboxylic acids is 1. The maximum Gasteiger partial charge on any atom is 0.306 e. The van der Waals surface area contributed by atoms with Crippen LogP contribution in [0.1, 0.15) is 51.0 Å². The van der Waals surface area contributed by atoms with E-state index in [1.807, 2.05) is 13.8 Å². The third kappa shape index (κ3) is 6.44. The van der Waals surface area contributed by atoms with Gasteiger partial charge in [-0.25, -0.2) is 13.1 Å². The van der Waals surface area contributed by atoms with Crippen molar-refractivity contribution in [2.24, 2.45) is 11.8 Å². The van der Waals surface area contributed by atoms with E-state index in [1.165, 1.54) is 0 Å². The van der Waals surface area contributed by atoms with Crippen molar-refractivity contribution in [1.29, 1.82) is 0 Å². The summed E-state index contributed by atoms with van der Waals surface area (Å²) < 4.78 is 32.2. The van der Waals surface area contributed by atoms with Crippen LogP contribution in [0, 0.1) is 18.8 Å². The molecule has 1 aromatic rings. The van der Waals surface area contributed by atoms with Crippen LogP contribution in [0.4, 0.5) is 0 Å². The summed E-state index contributed by atoms with van der Waals surface area (Å²) in [6, 6.07) is 6.88. The normalized spacial score (nSPS) is 21.0. The number of aryl methyl sites for hydroxylation is 1. The third-order valence-corrected chi connectivity index (χ3v) is 6.38. The molecule has 0 aliphatic heterocycles. The molecule has 0 heterocycles. The largest absolute Gasteiger partial charge is 0.466 e. The molecular formula is C19H29NO4S. The van der Waals surface area contributed by atoms with Crippen LogP contribution in [0.3, 0.4) is 0 Å². The third-order valence-electron chi connectivity index (χ3n) is 4.90. The maximum atomic E-state index is 12.3. The van der Waals surface area contributed by atoms with Gasteiger partial charge in [-0.1, -0.05) is 30.5 Å². The Morgan fingerprint density at radius 3 is 2.32 bits per heavy atom. The molecule has 1 aromatic carbocycles. The average molecular weight is 368 g/mol. The Morgan fingerprint density at radius 2 is 1.72 bits per heavy atom. The van der Waals surface area contributed by atoms with Crippen molar-refractivity contribution in [3.05, 3.63) is 29.8 Å². The monoisotopic (exact) mass is 367 g/mol. The summed E-state index contributed by atoms with van der Waals surface area (Å²) in [5, 5.41) is 0. The Kier molecular flexibility index (Phi) is 7.44. The zero-order valence-corrected chi connectivity index (χ0v) is 16.0. The fraction of sp³-hybridized carbons (Fsp3) is 0.632. The molecule has 1 aliphatic carbocycles. The van der Waals surface area contributed by atoms with E-state index in [0.29, 0.717) is 36.3 Å². The Bertz CT molecular complexity index is 647. The highest BCUT2D eigenvalue weighted by molar-refractivity contribution is 7.89. The second kappa shape index (κ2) is 9.34. The highest BCUT2D eigenvalue weighted by Crippen LogP contribution is 2.32. The van der Waals surface area contributed by atoms with E-state index >= 15 is 0 Å². The smallest absolute Gasteiger partial charge is 0.306 e. The second-order valence-corrected chi connectivity index (χ2v) is 8.66. The number of benzene rings is 1. The number of rotatable bonds is 8. The summed E-state index contributed by atoms with van der Waals surface area (Å²) in [6.07, 6.45) is 5.51. The van der Waals surface area contributed by atoms with E-state index in [2.05, 4.69) is 4.72 Å². The minimum absolute atomic E-state index is 0.100. The van der Waals surface area contributed by atoms with Crippen LogP contribution in [0.2, 0.25) is 0 Å². The van der Waals surface area contributed by atoms with Crippen LogP contribution in [0.5, 0.6) is 0 Å². The van der Waals surface area contributed by atoms with Gasteiger partial charge in [-0.3, -0.25) is 4.79 Å². The first-order chi connectivity index (χ1) is 11.9. The number of carbonyl (C=O) groups is 1. The van der Waals surface area contributed by atoms with Gasteiger partial charge in [0, 0.05) is 13.0 Å². The highest BCUT2D eigenvalue weighted by atomic mass is 32.2. The molecule has 2 rings (SSSR count). The zero-order chi connectivity index (χ0) is 18.3. The number of hydrogen-bond acceptors (Lipinski definition) is 4. The molecule has 1 saturated carbocycles. The zero-order valence-electron chi connectivity index (χ0n) is 15.2. The van der Waals surface area contributed by atoms with Crippen molar-refractivity contribution in [3.63, 3.8) is 0 Å². The summed E-state index contributed by atoms with van der Waals surface area (Å²) in [4.78, 5) is 11.8. The lowest BCUT2D eigenvalue weighted by molar-refractivity contribution is -0.144. The second-order valence-electron chi connectivity index (χ2n) is 6.90. The van der Waals surface area contributed by atoms with Gasteiger partial charge >= 0.3 is 5.97 Å². The Hall–Kier alpha value is -1.40. The van der Waals surface area contributed by atoms with Crippen molar-refractivity contribution in [2.45, 2.75) is 57.3 Å². The van der Waals surface area contributed by atoms with Crippen LogP contribution in [-0.2, 0) is 19.6 Å². The standard InChI is InChI=1S/C19H29NO4S/c1-3-24-19(21)14-17-8-6-16(7-9-17)12-13-20-25(22,23)18-10-4-15(2)5-11-18/h4-5,10-11,16-17,20H,3,6-9,12-14H2,1-2H3. The van der Waals surface area contributed by atoms with Crippen LogP contribution < -0.4 is 4.72 Å². The van der Waals surface area contributed by atoms with Crippen LogP contribution >= 0.6 is 0 Å². The van der Waals surface area contributed by atoms with Gasteiger partial charge in [-0.15, -0.1) is 0 Å². The van der Waals surface area contributed by atoms with Gasteiger partial charge in [0.15, 0.2) is 0 Å². The minimum atomic E-state index is -3.42. The molecule has 0 atom stereocenters. The van der Waals surface area contributed by atoms with E-state index in [4.69, 9.17) is 4.74 Å². The summed E-state index contributed by atoms with van der Waals surface area (Å²) >= 11 is 0. The van der Waals surface area contributed by atoms with Crippen molar-refractivity contribution in [3.8, 4) is 0 Å². The quantitative estimate of drug-likeness (QED) is 0.715. The maximum absolute atomic E-state index is 12.3. The van der Waals surface area contributed by atoms with E-state index in [9.17, 15) is 13.2 Å². The molecule has 0 saturated heterocycles. The lowest BCUT2D eigenvalue weighted by Crippen LogP contribution is -2.27. The molecule has 1 N–H and O–H groups in total. The molecule has 0 radical (unpaired) electrons.